The summed E-state index contributed by atoms with van der Waals surface area (Å²) in [5, 5.41) is 1.34. The first-order chi connectivity index (χ1) is 15.2. The van der Waals surface area contributed by atoms with E-state index in [2.05, 4.69) is 84.4 Å². The lowest BCUT2D eigenvalue weighted by Gasteiger charge is -2.40. The Morgan fingerprint density at radius 3 is 2.09 bits per heavy atom. The van der Waals surface area contributed by atoms with Gasteiger partial charge in [-0.3, -0.25) is 0 Å². The largest absolute Gasteiger partial charge is 0.373 e. The first-order valence-electron chi connectivity index (χ1n) is 11.3. The quantitative estimate of drug-likeness (QED) is 0.424. The molecule has 0 saturated carbocycles. The SMILES string of the molecule is Cc1cc(N2C3CCC2CC(C)C3)c2c(C)cn(-c3c(C)cc(Br)cc3C)c2n1.O=C=O. The van der Waals surface area contributed by atoms with E-state index in [1.807, 2.05) is 0 Å². The number of carbonyl (C=O) groups excluding carboxylic acids is 2. The van der Waals surface area contributed by atoms with Gasteiger partial charge >= 0.3 is 6.15 Å². The molecule has 1 aromatic carbocycles. The second-order valence-electron chi connectivity index (χ2n) is 9.50. The fourth-order valence-electron chi connectivity index (χ4n) is 6.01. The molecule has 3 aromatic rings. The van der Waals surface area contributed by atoms with Crippen LogP contribution in [0.1, 0.15) is 55.0 Å². The fraction of sp³-hybridized carbons (Fsp3) is 0.462. The van der Waals surface area contributed by atoms with E-state index in [1.165, 1.54) is 59.1 Å². The minimum atomic E-state index is 0.250. The summed E-state index contributed by atoms with van der Waals surface area (Å²) in [5.41, 5.74) is 8.74. The summed E-state index contributed by atoms with van der Waals surface area (Å²) >= 11 is 3.64. The molecule has 2 unspecified atom stereocenters. The molecule has 0 radical (unpaired) electrons. The first kappa shape index (κ1) is 22.8. The maximum Gasteiger partial charge on any atom is 0.373 e. The molecule has 2 fully saturated rings. The van der Waals surface area contributed by atoms with Gasteiger partial charge in [-0.1, -0.05) is 22.9 Å². The molecule has 0 aliphatic carbocycles. The number of pyridine rings is 1. The Kier molecular flexibility index (Phi) is 6.28. The normalized spacial score (nSPS) is 21.9. The van der Waals surface area contributed by atoms with Gasteiger partial charge in [0.25, 0.3) is 0 Å². The molecule has 4 heterocycles. The average molecular weight is 496 g/mol. The van der Waals surface area contributed by atoms with Crippen molar-refractivity contribution in [1.29, 1.82) is 0 Å². The minimum absolute atomic E-state index is 0.250. The van der Waals surface area contributed by atoms with Crippen molar-refractivity contribution < 1.29 is 9.59 Å². The van der Waals surface area contributed by atoms with Crippen LogP contribution < -0.4 is 4.90 Å². The molecule has 2 aromatic heterocycles. The Labute approximate surface area is 197 Å². The van der Waals surface area contributed by atoms with Gasteiger partial charge in [0.1, 0.15) is 5.65 Å². The van der Waals surface area contributed by atoms with E-state index in [1.54, 1.807) is 0 Å². The van der Waals surface area contributed by atoms with Crippen LogP contribution in [0.4, 0.5) is 5.69 Å². The van der Waals surface area contributed by atoms with Gasteiger partial charge in [0.05, 0.1) is 11.4 Å². The topological polar surface area (TPSA) is 55.2 Å². The molecule has 2 aliphatic heterocycles. The fourth-order valence-corrected chi connectivity index (χ4v) is 6.70. The van der Waals surface area contributed by atoms with Crippen LogP contribution in [0.2, 0.25) is 0 Å². The van der Waals surface area contributed by atoms with E-state index >= 15 is 0 Å². The van der Waals surface area contributed by atoms with Crippen molar-refractivity contribution >= 4 is 38.8 Å². The van der Waals surface area contributed by atoms with Crippen LogP contribution in [-0.2, 0) is 9.59 Å². The van der Waals surface area contributed by atoms with Crippen LogP contribution in [0.5, 0.6) is 0 Å². The maximum atomic E-state index is 8.12. The van der Waals surface area contributed by atoms with Crippen LogP contribution in [0, 0.1) is 33.6 Å². The summed E-state index contributed by atoms with van der Waals surface area (Å²) in [6, 6.07) is 8.11. The second-order valence-corrected chi connectivity index (χ2v) is 10.4. The third-order valence-electron chi connectivity index (χ3n) is 7.00. The molecule has 5 rings (SSSR count). The summed E-state index contributed by atoms with van der Waals surface area (Å²) in [6.07, 6.45) is 7.86. The number of aryl methyl sites for hydroxylation is 4. The van der Waals surface area contributed by atoms with E-state index in [4.69, 9.17) is 14.6 Å². The summed E-state index contributed by atoms with van der Waals surface area (Å²) in [6.45, 7) is 11.2. The Balaban J connectivity index is 0.000000775. The molecule has 2 aliphatic rings. The Morgan fingerprint density at radius 2 is 1.53 bits per heavy atom. The Bertz CT molecular complexity index is 1170. The van der Waals surface area contributed by atoms with Crippen LogP contribution in [0.25, 0.3) is 16.7 Å². The van der Waals surface area contributed by atoms with E-state index in [0.717, 1.165) is 21.7 Å². The molecule has 2 atom stereocenters. The van der Waals surface area contributed by atoms with Gasteiger partial charge in [0, 0.05) is 33.8 Å². The number of nitrogens with zero attached hydrogens (tertiary/aromatic N) is 3. The number of halogens is 1. The molecule has 6 heteroatoms. The molecule has 2 bridgehead atoms. The Hall–Kier alpha value is -2.43. The second kappa shape index (κ2) is 8.84. The van der Waals surface area contributed by atoms with Crippen LogP contribution in [0.15, 0.2) is 28.9 Å². The molecule has 168 valence electrons. The van der Waals surface area contributed by atoms with Crippen molar-refractivity contribution in [3.05, 3.63) is 51.3 Å². The molecule has 32 heavy (non-hydrogen) atoms. The highest BCUT2D eigenvalue weighted by Gasteiger charge is 2.40. The molecule has 5 nitrogen and oxygen atoms in total. The van der Waals surface area contributed by atoms with Crippen molar-refractivity contribution in [3.8, 4) is 5.69 Å². The average Bonchev–Trinajstić information content (AvgIpc) is 3.15. The van der Waals surface area contributed by atoms with Crippen LogP contribution >= 0.6 is 15.9 Å². The molecule has 0 amide bonds. The number of piperidine rings is 1. The van der Waals surface area contributed by atoms with E-state index in [-0.39, 0.29) is 6.15 Å². The number of anilines is 1. The minimum Gasteiger partial charge on any atom is -0.365 e. The predicted molar refractivity (Wildman–Crippen MR) is 130 cm³/mol. The number of aromatic nitrogens is 2. The van der Waals surface area contributed by atoms with Crippen molar-refractivity contribution in [2.24, 2.45) is 5.92 Å². The third kappa shape index (κ3) is 3.91. The van der Waals surface area contributed by atoms with Crippen LogP contribution in [-0.4, -0.2) is 27.8 Å². The smallest absolute Gasteiger partial charge is 0.365 e. The predicted octanol–water partition coefficient (Wildman–Crippen LogP) is 6.21. The third-order valence-corrected chi connectivity index (χ3v) is 7.45. The lowest BCUT2D eigenvalue weighted by atomic mass is 9.91. The molecule has 0 spiro atoms. The first-order valence-corrected chi connectivity index (χ1v) is 12.1. The molecular weight excluding hydrogens is 466 g/mol. The van der Waals surface area contributed by atoms with Gasteiger partial charge in [-0.2, -0.15) is 9.59 Å². The zero-order valence-corrected chi connectivity index (χ0v) is 21.0. The monoisotopic (exact) mass is 495 g/mol. The maximum absolute atomic E-state index is 8.12. The number of hydrogen-bond donors (Lipinski definition) is 0. The Morgan fingerprint density at radius 1 is 0.969 bits per heavy atom. The lowest BCUT2D eigenvalue weighted by molar-refractivity contribution is -0.191. The van der Waals surface area contributed by atoms with Gasteiger partial charge in [0.2, 0.25) is 0 Å². The van der Waals surface area contributed by atoms with E-state index < -0.39 is 0 Å². The summed E-state index contributed by atoms with van der Waals surface area (Å²) in [5.74, 6) is 0.848. The highest BCUT2D eigenvalue weighted by Crippen LogP contribution is 2.45. The number of hydrogen-bond acceptors (Lipinski definition) is 4. The van der Waals surface area contributed by atoms with Gasteiger partial charge in [0.15, 0.2) is 0 Å². The zero-order valence-electron chi connectivity index (χ0n) is 19.4. The molecule has 2 saturated heterocycles. The number of rotatable bonds is 2. The van der Waals surface area contributed by atoms with E-state index in [0.29, 0.717) is 12.1 Å². The van der Waals surface area contributed by atoms with Gasteiger partial charge in [-0.25, -0.2) is 4.98 Å². The van der Waals surface area contributed by atoms with Crippen molar-refractivity contribution in [2.45, 2.75) is 72.4 Å². The summed E-state index contributed by atoms with van der Waals surface area (Å²) in [4.78, 5) is 24.1. The van der Waals surface area contributed by atoms with Gasteiger partial charge in [-0.05, 0) is 94.2 Å². The number of fused-ring (bicyclic) bond motifs is 3. The highest BCUT2D eigenvalue weighted by atomic mass is 79.9. The lowest BCUT2D eigenvalue weighted by Crippen LogP contribution is -2.42. The zero-order chi connectivity index (χ0) is 23.2. The summed E-state index contributed by atoms with van der Waals surface area (Å²) < 4.78 is 3.46. The van der Waals surface area contributed by atoms with Crippen molar-refractivity contribution in [1.82, 2.24) is 9.55 Å². The molecular formula is C26H30BrN3O2. The van der Waals surface area contributed by atoms with Crippen molar-refractivity contribution in [2.75, 3.05) is 4.90 Å². The number of benzene rings is 1. The van der Waals surface area contributed by atoms with E-state index in [9.17, 15) is 0 Å². The van der Waals surface area contributed by atoms with Gasteiger partial charge < -0.3 is 9.47 Å². The standard InChI is InChI=1S/C25H30BrN3.CO2/c1-14-8-20-6-7-21(9-14)29(20)22-12-18(5)27-25-23(22)17(4)13-28(25)24-15(2)10-19(26)11-16(24)3;2-1-3/h10-14,20-21H,6-9H2,1-5H3;. The van der Waals surface area contributed by atoms with Crippen LogP contribution in [0.3, 0.4) is 0 Å². The molecule has 0 N–H and O–H groups in total. The highest BCUT2D eigenvalue weighted by molar-refractivity contribution is 9.10. The van der Waals surface area contributed by atoms with Crippen molar-refractivity contribution in [3.63, 3.8) is 0 Å². The summed E-state index contributed by atoms with van der Waals surface area (Å²) in [7, 11) is 0. The van der Waals surface area contributed by atoms with Gasteiger partial charge in [-0.15, -0.1) is 0 Å².